The molecule has 2 aromatic carbocycles. The number of anilines is 1. The molecule has 0 saturated carbocycles. The summed E-state index contributed by atoms with van der Waals surface area (Å²) in [6.45, 7) is 2.12. The molecule has 0 fully saturated rings. The molecule has 1 N–H and O–H groups in total. The minimum absolute atomic E-state index is 0.0996. The van der Waals surface area contributed by atoms with Crippen molar-refractivity contribution in [3.05, 3.63) is 69.8 Å². The molecule has 0 saturated heterocycles. The van der Waals surface area contributed by atoms with E-state index < -0.39 is 0 Å². The molecule has 0 atom stereocenters. The number of para-hydroxylation sites is 1. The molecule has 7 nitrogen and oxygen atoms in total. The van der Waals surface area contributed by atoms with Gasteiger partial charge in [-0.05, 0) is 42.1 Å². The van der Waals surface area contributed by atoms with Gasteiger partial charge in [0, 0.05) is 11.8 Å². The number of thiophene rings is 1. The van der Waals surface area contributed by atoms with Gasteiger partial charge < -0.3 is 14.8 Å². The fraction of sp³-hybridized carbons (Fsp3) is 0.136. The van der Waals surface area contributed by atoms with Crippen LogP contribution < -0.4 is 20.3 Å². The highest BCUT2D eigenvalue weighted by Gasteiger charge is 2.18. The number of rotatable bonds is 5. The topological polar surface area (TPSA) is 82.5 Å². The lowest BCUT2D eigenvalue weighted by Gasteiger charge is -2.14. The van der Waals surface area contributed by atoms with Crippen LogP contribution in [0.2, 0.25) is 0 Å². The van der Waals surface area contributed by atoms with Crippen molar-refractivity contribution >= 4 is 44.9 Å². The second-order valence-electron chi connectivity index (χ2n) is 6.86. The highest BCUT2D eigenvalue weighted by molar-refractivity contribution is 7.99. The maximum atomic E-state index is 13.2. The molecule has 1 aliphatic rings. The third-order valence-corrected chi connectivity index (χ3v) is 6.62. The lowest BCUT2D eigenvalue weighted by Crippen LogP contribution is -2.22. The first kappa shape index (κ1) is 19.7. The summed E-state index contributed by atoms with van der Waals surface area (Å²) in [4.78, 5) is 30.4. The number of nitrogens with zero attached hydrogens (tertiary/aromatic N) is 2. The van der Waals surface area contributed by atoms with Gasteiger partial charge in [0.25, 0.3) is 5.56 Å². The maximum Gasteiger partial charge on any atom is 0.276 e. The Hall–Kier alpha value is -3.30. The first-order valence-corrected chi connectivity index (χ1v) is 11.4. The van der Waals surface area contributed by atoms with E-state index in [2.05, 4.69) is 10.3 Å². The van der Waals surface area contributed by atoms with Crippen LogP contribution in [0.25, 0.3) is 15.9 Å². The molecule has 3 heterocycles. The average Bonchev–Trinajstić information content (AvgIpc) is 3.42. The third kappa shape index (κ3) is 3.77. The number of carbonyl (C=O) groups excluding carboxylic acids is 1. The smallest absolute Gasteiger partial charge is 0.276 e. The summed E-state index contributed by atoms with van der Waals surface area (Å²) in [7, 11) is 0. The molecule has 9 heteroatoms. The summed E-state index contributed by atoms with van der Waals surface area (Å²) in [5, 5.41) is 5.18. The van der Waals surface area contributed by atoms with Crippen LogP contribution in [-0.2, 0) is 4.79 Å². The number of aromatic nitrogens is 2. The van der Waals surface area contributed by atoms with Gasteiger partial charge in [-0.15, -0.1) is 11.3 Å². The molecule has 156 valence electrons. The highest BCUT2D eigenvalue weighted by Crippen LogP contribution is 2.34. The summed E-state index contributed by atoms with van der Waals surface area (Å²) in [5.74, 6) is 1.15. The predicted octanol–water partition coefficient (Wildman–Crippen LogP) is 4.22. The van der Waals surface area contributed by atoms with E-state index in [1.54, 1.807) is 22.8 Å². The zero-order valence-electron chi connectivity index (χ0n) is 16.5. The van der Waals surface area contributed by atoms with E-state index in [4.69, 9.17) is 9.47 Å². The molecule has 0 spiro atoms. The Kier molecular flexibility index (Phi) is 5.13. The van der Waals surface area contributed by atoms with Crippen LogP contribution in [0.4, 0.5) is 5.69 Å². The van der Waals surface area contributed by atoms with Crippen LogP contribution >= 0.6 is 23.1 Å². The number of fused-ring (bicyclic) bond motifs is 2. The first-order chi connectivity index (χ1) is 15.1. The zero-order chi connectivity index (χ0) is 21.4. The van der Waals surface area contributed by atoms with Crippen LogP contribution in [0.15, 0.2) is 63.9 Å². The number of ether oxygens (including phenoxy) is 2. The normalized spacial score (nSPS) is 12.3. The molecule has 0 bridgehead atoms. The number of benzene rings is 2. The van der Waals surface area contributed by atoms with Crippen molar-refractivity contribution in [2.45, 2.75) is 12.1 Å². The van der Waals surface area contributed by atoms with Crippen LogP contribution in [0.5, 0.6) is 11.5 Å². The van der Waals surface area contributed by atoms with Gasteiger partial charge >= 0.3 is 0 Å². The standard InChI is InChI=1S/C22H17N3O4S2/c1-13-4-2-3-5-16(13)25-21(27)20-15(8-9-30-20)24-22(25)31-11-19(26)23-14-6-7-17-18(10-14)29-12-28-17/h2-10H,11-12H2,1H3,(H,23,26). The second kappa shape index (κ2) is 8.09. The van der Waals surface area contributed by atoms with Crippen molar-refractivity contribution < 1.29 is 14.3 Å². The summed E-state index contributed by atoms with van der Waals surface area (Å²) in [6.07, 6.45) is 0. The number of nitrogens with one attached hydrogen (secondary N) is 1. The van der Waals surface area contributed by atoms with E-state index in [1.807, 2.05) is 42.6 Å². The predicted molar refractivity (Wildman–Crippen MR) is 122 cm³/mol. The molecule has 1 amide bonds. The van der Waals surface area contributed by atoms with Gasteiger partial charge in [0.05, 0.1) is 17.0 Å². The minimum Gasteiger partial charge on any atom is -0.454 e. The van der Waals surface area contributed by atoms with Crippen LogP contribution in [-0.4, -0.2) is 28.0 Å². The molecule has 5 rings (SSSR count). The fourth-order valence-corrected chi connectivity index (χ4v) is 4.88. The number of hydrogen-bond donors (Lipinski definition) is 1. The van der Waals surface area contributed by atoms with Gasteiger partial charge in [0.2, 0.25) is 12.7 Å². The number of carbonyl (C=O) groups is 1. The van der Waals surface area contributed by atoms with Gasteiger partial charge in [-0.2, -0.15) is 0 Å². The van der Waals surface area contributed by atoms with Crippen LogP contribution in [0.3, 0.4) is 0 Å². The van der Waals surface area contributed by atoms with Crippen molar-refractivity contribution in [3.8, 4) is 17.2 Å². The van der Waals surface area contributed by atoms with E-state index in [9.17, 15) is 9.59 Å². The van der Waals surface area contributed by atoms with Crippen LogP contribution in [0, 0.1) is 6.92 Å². The van der Waals surface area contributed by atoms with Crippen molar-refractivity contribution in [1.82, 2.24) is 9.55 Å². The Balaban J connectivity index is 1.42. The van der Waals surface area contributed by atoms with Gasteiger partial charge in [-0.3, -0.25) is 14.2 Å². The molecule has 0 unspecified atom stereocenters. The Morgan fingerprint density at radius 1 is 1.19 bits per heavy atom. The number of aryl methyl sites for hydroxylation is 1. The van der Waals surface area contributed by atoms with Crippen molar-refractivity contribution in [2.75, 3.05) is 17.9 Å². The van der Waals surface area contributed by atoms with E-state index in [0.717, 1.165) is 11.3 Å². The van der Waals surface area contributed by atoms with Gasteiger partial charge in [-0.1, -0.05) is 30.0 Å². The van der Waals surface area contributed by atoms with Crippen molar-refractivity contribution in [3.63, 3.8) is 0 Å². The number of hydrogen-bond acceptors (Lipinski definition) is 7. The Morgan fingerprint density at radius 2 is 2.03 bits per heavy atom. The van der Waals surface area contributed by atoms with E-state index in [0.29, 0.717) is 32.6 Å². The lowest BCUT2D eigenvalue weighted by atomic mass is 10.2. The quantitative estimate of drug-likeness (QED) is 0.362. The molecule has 0 aliphatic carbocycles. The van der Waals surface area contributed by atoms with Gasteiger partial charge in [0.15, 0.2) is 16.7 Å². The van der Waals surface area contributed by atoms with Crippen molar-refractivity contribution in [2.24, 2.45) is 0 Å². The Labute approximate surface area is 185 Å². The minimum atomic E-state index is -0.208. The summed E-state index contributed by atoms with van der Waals surface area (Å²) in [5.41, 5.74) is 2.84. The summed E-state index contributed by atoms with van der Waals surface area (Å²) in [6, 6.07) is 14.7. The van der Waals surface area contributed by atoms with E-state index >= 15 is 0 Å². The van der Waals surface area contributed by atoms with Gasteiger partial charge in [0.1, 0.15) is 4.70 Å². The average molecular weight is 452 g/mol. The molecule has 31 heavy (non-hydrogen) atoms. The SMILES string of the molecule is Cc1ccccc1-n1c(SCC(=O)Nc2ccc3c(c2)OCO3)nc2ccsc2c1=O. The number of amides is 1. The third-order valence-electron chi connectivity index (χ3n) is 4.79. The largest absolute Gasteiger partial charge is 0.454 e. The first-order valence-electron chi connectivity index (χ1n) is 9.49. The molecule has 2 aromatic heterocycles. The van der Waals surface area contributed by atoms with E-state index in [-0.39, 0.29) is 24.0 Å². The second-order valence-corrected chi connectivity index (χ2v) is 8.72. The van der Waals surface area contributed by atoms with E-state index in [1.165, 1.54) is 23.1 Å². The lowest BCUT2D eigenvalue weighted by molar-refractivity contribution is -0.113. The Bertz CT molecular complexity index is 1360. The monoisotopic (exact) mass is 451 g/mol. The highest BCUT2D eigenvalue weighted by atomic mass is 32.2. The molecule has 0 radical (unpaired) electrons. The van der Waals surface area contributed by atoms with Crippen molar-refractivity contribution in [1.29, 1.82) is 0 Å². The number of thioether (sulfide) groups is 1. The Morgan fingerprint density at radius 3 is 2.90 bits per heavy atom. The zero-order valence-corrected chi connectivity index (χ0v) is 18.1. The summed E-state index contributed by atoms with van der Waals surface area (Å²) < 4.78 is 12.8. The molecule has 4 aromatic rings. The molecule has 1 aliphatic heterocycles. The van der Waals surface area contributed by atoms with Crippen LogP contribution in [0.1, 0.15) is 5.56 Å². The molecular weight excluding hydrogens is 434 g/mol. The fourth-order valence-electron chi connectivity index (χ4n) is 3.32. The summed E-state index contributed by atoms with van der Waals surface area (Å²) >= 11 is 2.59. The van der Waals surface area contributed by atoms with Gasteiger partial charge in [-0.25, -0.2) is 4.98 Å². The molecular formula is C22H17N3O4S2. The maximum absolute atomic E-state index is 13.2.